The highest BCUT2D eigenvalue weighted by Crippen LogP contribution is 1.76. The van der Waals surface area contributed by atoms with E-state index in [4.69, 9.17) is 0 Å². The second kappa shape index (κ2) is 5.77. The Balaban J connectivity index is 3.68. The van der Waals surface area contributed by atoms with Gasteiger partial charge in [0.05, 0.1) is 0 Å². The van der Waals surface area contributed by atoms with Gasteiger partial charge in [0.2, 0.25) is 0 Å². The Morgan fingerprint density at radius 3 is 2.64 bits per heavy atom. The van der Waals surface area contributed by atoms with E-state index < -0.39 is 0 Å². The fourth-order valence-corrected chi connectivity index (χ4v) is 0.637. The summed E-state index contributed by atoms with van der Waals surface area (Å²) in [5.74, 6) is 0.819. The largest absolute Gasteiger partial charge is 0.354 e. The van der Waals surface area contributed by atoms with Crippen LogP contribution in [0.3, 0.4) is 0 Å². The average molecular weight is 155 g/mol. The summed E-state index contributed by atoms with van der Waals surface area (Å²) >= 11 is 0. The minimum atomic E-state index is 0.408. The zero-order valence-corrected chi connectivity index (χ0v) is 7.52. The van der Waals surface area contributed by atoms with Crippen molar-refractivity contribution in [2.45, 2.75) is 19.9 Å². The summed E-state index contributed by atoms with van der Waals surface area (Å²) in [7, 11) is 1.75. The molecule has 0 radical (unpaired) electrons. The first-order valence-corrected chi connectivity index (χ1v) is 3.78. The van der Waals surface area contributed by atoms with E-state index in [2.05, 4.69) is 36.1 Å². The maximum Gasteiger partial charge on any atom is 0.191 e. The number of nitrogens with zero attached hydrogens (tertiary/aromatic N) is 1. The molecule has 0 aromatic carbocycles. The summed E-state index contributed by atoms with van der Waals surface area (Å²) in [5, 5.41) is 6.23. The number of hydrogen-bond acceptors (Lipinski definition) is 1. The first-order chi connectivity index (χ1) is 5.20. The number of aliphatic imine (C=N–C) groups is 1. The summed E-state index contributed by atoms with van der Waals surface area (Å²) in [6.45, 7) is 8.48. The highest BCUT2D eigenvalue weighted by Gasteiger charge is 1.95. The summed E-state index contributed by atoms with van der Waals surface area (Å²) in [4.78, 5) is 4.01. The SMILES string of the molecule is C=CCNC(=NC)NC(C)C. The van der Waals surface area contributed by atoms with Gasteiger partial charge in [-0.2, -0.15) is 0 Å². The Hall–Kier alpha value is -0.990. The van der Waals surface area contributed by atoms with E-state index in [1.807, 2.05) is 0 Å². The van der Waals surface area contributed by atoms with Gasteiger partial charge in [0.25, 0.3) is 0 Å². The van der Waals surface area contributed by atoms with E-state index in [0.717, 1.165) is 12.5 Å². The molecule has 0 fully saturated rings. The van der Waals surface area contributed by atoms with Gasteiger partial charge in [0.1, 0.15) is 0 Å². The zero-order valence-electron chi connectivity index (χ0n) is 7.52. The predicted molar refractivity (Wildman–Crippen MR) is 49.8 cm³/mol. The first kappa shape index (κ1) is 10.0. The van der Waals surface area contributed by atoms with Crippen molar-refractivity contribution in [3.05, 3.63) is 12.7 Å². The molecular weight excluding hydrogens is 138 g/mol. The second-order valence-corrected chi connectivity index (χ2v) is 2.54. The summed E-state index contributed by atoms with van der Waals surface area (Å²) in [6.07, 6.45) is 1.80. The average Bonchev–Trinajstić information content (AvgIpc) is 1.97. The third-order valence-corrected chi connectivity index (χ3v) is 1.06. The van der Waals surface area contributed by atoms with Gasteiger partial charge in [0, 0.05) is 19.6 Å². The van der Waals surface area contributed by atoms with Gasteiger partial charge in [0.15, 0.2) is 5.96 Å². The van der Waals surface area contributed by atoms with Crippen LogP contribution in [0.15, 0.2) is 17.6 Å². The van der Waals surface area contributed by atoms with Crippen molar-refractivity contribution in [2.75, 3.05) is 13.6 Å². The molecule has 0 aliphatic rings. The molecule has 0 spiro atoms. The third-order valence-electron chi connectivity index (χ3n) is 1.06. The topological polar surface area (TPSA) is 36.4 Å². The molecule has 0 amide bonds. The predicted octanol–water partition coefficient (Wildman–Crippen LogP) is 0.746. The molecule has 0 aromatic rings. The van der Waals surface area contributed by atoms with Crippen LogP contribution < -0.4 is 10.6 Å². The minimum absolute atomic E-state index is 0.408. The van der Waals surface area contributed by atoms with Gasteiger partial charge in [-0.3, -0.25) is 4.99 Å². The van der Waals surface area contributed by atoms with Crippen molar-refractivity contribution in [1.82, 2.24) is 10.6 Å². The van der Waals surface area contributed by atoms with Gasteiger partial charge in [-0.05, 0) is 13.8 Å². The molecule has 3 nitrogen and oxygen atoms in total. The molecule has 2 N–H and O–H groups in total. The molecule has 0 heterocycles. The quantitative estimate of drug-likeness (QED) is 0.358. The van der Waals surface area contributed by atoms with Crippen LogP contribution in [0.5, 0.6) is 0 Å². The molecule has 0 saturated heterocycles. The highest BCUT2D eigenvalue weighted by molar-refractivity contribution is 5.79. The number of hydrogen-bond donors (Lipinski definition) is 2. The van der Waals surface area contributed by atoms with Crippen LogP contribution in [0.4, 0.5) is 0 Å². The minimum Gasteiger partial charge on any atom is -0.354 e. The van der Waals surface area contributed by atoms with E-state index in [1.54, 1.807) is 13.1 Å². The Labute approximate surface area is 68.6 Å². The van der Waals surface area contributed by atoms with Gasteiger partial charge >= 0.3 is 0 Å². The monoisotopic (exact) mass is 155 g/mol. The molecule has 0 saturated carbocycles. The van der Waals surface area contributed by atoms with E-state index in [9.17, 15) is 0 Å². The lowest BCUT2D eigenvalue weighted by Crippen LogP contribution is -2.40. The Kier molecular flexibility index (Phi) is 5.25. The van der Waals surface area contributed by atoms with Crippen LogP contribution >= 0.6 is 0 Å². The first-order valence-electron chi connectivity index (χ1n) is 3.78. The molecule has 11 heavy (non-hydrogen) atoms. The highest BCUT2D eigenvalue weighted by atomic mass is 15.2. The van der Waals surface area contributed by atoms with Crippen molar-refractivity contribution in [3.8, 4) is 0 Å². The summed E-state index contributed by atoms with van der Waals surface area (Å²) in [5.41, 5.74) is 0. The van der Waals surface area contributed by atoms with E-state index in [0.29, 0.717) is 6.04 Å². The molecule has 0 rings (SSSR count). The lowest BCUT2D eigenvalue weighted by molar-refractivity contribution is 0.709. The Morgan fingerprint density at radius 2 is 2.27 bits per heavy atom. The number of rotatable bonds is 3. The molecule has 0 aliphatic heterocycles. The Bertz CT molecular complexity index is 138. The number of nitrogens with one attached hydrogen (secondary N) is 2. The van der Waals surface area contributed by atoms with Gasteiger partial charge in [-0.25, -0.2) is 0 Å². The Morgan fingerprint density at radius 1 is 1.64 bits per heavy atom. The van der Waals surface area contributed by atoms with Crippen molar-refractivity contribution >= 4 is 5.96 Å². The van der Waals surface area contributed by atoms with Crippen LogP contribution in [0.2, 0.25) is 0 Å². The fourth-order valence-electron chi connectivity index (χ4n) is 0.637. The van der Waals surface area contributed by atoms with Crippen molar-refractivity contribution < 1.29 is 0 Å². The van der Waals surface area contributed by atoms with Gasteiger partial charge in [-0.1, -0.05) is 6.08 Å². The smallest absolute Gasteiger partial charge is 0.191 e. The van der Waals surface area contributed by atoms with E-state index in [1.165, 1.54) is 0 Å². The van der Waals surface area contributed by atoms with Crippen LogP contribution in [-0.4, -0.2) is 25.6 Å². The van der Waals surface area contributed by atoms with Gasteiger partial charge < -0.3 is 10.6 Å². The fraction of sp³-hybridized carbons (Fsp3) is 0.625. The molecule has 0 unspecified atom stereocenters. The zero-order chi connectivity index (χ0) is 8.69. The molecule has 0 aliphatic carbocycles. The molecule has 0 atom stereocenters. The lowest BCUT2D eigenvalue weighted by Gasteiger charge is -2.12. The maximum absolute atomic E-state index is 4.01. The molecule has 0 aromatic heterocycles. The maximum atomic E-state index is 4.01. The normalized spacial score (nSPS) is 11.5. The van der Waals surface area contributed by atoms with Crippen LogP contribution in [0.25, 0.3) is 0 Å². The third kappa shape index (κ3) is 5.45. The number of guanidine groups is 1. The standard InChI is InChI=1S/C8H17N3/c1-5-6-10-8(9-4)11-7(2)3/h5,7H,1,6H2,2-4H3,(H2,9,10,11). The van der Waals surface area contributed by atoms with Crippen molar-refractivity contribution in [3.63, 3.8) is 0 Å². The summed E-state index contributed by atoms with van der Waals surface area (Å²) < 4.78 is 0. The second-order valence-electron chi connectivity index (χ2n) is 2.54. The van der Waals surface area contributed by atoms with E-state index >= 15 is 0 Å². The van der Waals surface area contributed by atoms with E-state index in [-0.39, 0.29) is 0 Å². The van der Waals surface area contributed by atoms with Gasteiger partial charge in [-0.15, -0.1) is 6.58 Å². The van der Waals surface area contributed by atoms with Crippen molar-refractivity contribution in [1.29, 1.82) is 0 Å². The lowest BCUT2D eigenvalue weighted by atomic mass is 10.4. The van der Waals surface area contributed by atoms with Crippen LogP contribution in [0.1, 0.15) is 13.8 Å². The van der Waals surface area contributed by atoms with Crippen LogP contribution in [0, 0.1) is 0 Å². The molecule has 3 heteroatoms. The summed E-state index contributed by atoms with van der Waals surface area (Å²) in [6, 6.07) is 0.408. The van der Waals surface area contributed by atoms with Crippen LogP contribution in [-0.2, 0) is 0 Å². The molecular formula is C8H17N3. The van der Waals surface area contributed by atoms with Crippen molar-refractivity contribution in [2.24, 2.45) is 4.99 Å². The molecule has 64 valence electrons. The molecule has 0 bridgehead atoms.